The summed E-state index contributed by atoms with van der Waals surface area (Å²) in [5.41, 5.74) is 8.29. The number of aromatic nitrogens is 2. The zero-order chi connectivity index (χ0) is 14.7. The molecule has 0 aliphatic carbocycles. The Kier molecular flexibility index (Phi) is 7.55. The maximum atomic E-state index is 5.97. The number of nitrogens with zero attached hydrogens (tertiary/aromatic N) is 4. The lowest BCUT2D eigenvalue weighted by Gasteiger charge is -2.36. The standard InChI is InChI=1S/C16H21N5.2ClH/c1-13-18-11-14(16(17)19-13)12-20-7-9-21(10-8-20)15-5-3-2-4-6-15;;/h2-6,11H,7-10,12H2,1H3,(H2,17,18,19);2*1H. The number of benzene rings is 1. The lowest BCUT2D eigenvalue weighted by atomic mass is 10.2. The largest absolute Gasteiger partial charge is 0.383 e. The van der Waals surface area contributed by atoms with E-state index >= 15 is 0 Å². The topological polar surface area (TPSA) is 58.3 Å². The average Bonchev–Trinajstić information content (AvgIpc) is 2.52. The minimum Gasteiger partial charge on any atom is -0.383 e. The lowest BCUT2D eigenvalue weighted by molar-refractivity contribution is 0.250. The van der Waals surface area contributed by atoms with E-state index in [4.69, 9.17) is 5.73 Å². The lowest BCUT2D eigenvalue weighted by Crippen LogP contribution is -2.46. The molecule has 0 bridgehead atoms. The molecular formula is C16H23Cl2N5. The first-order chi connectivity index (χ1) is 10.2. The van der Waals surface area contributed by atoms with Crippen LogP contribution in [0.25, 0.3) is 0 Å². The van der Waals surface area contributed by atoms with Crippen molar-refractivity contribution in [1.29, 1.82) is 0 Å². The van der Waals surface area contributed by atoms with Crippen LogP contribution in [-0.4, -0.2) is 41.0 Å². The molecular weight excluding hydrogens is 333 g/mol. The fourth-order valence-corrected chi connectivity index (χ4v) is 2.68. The van der Waals surface area contributed by atoms with Crippen molar-refractivity contribution >= 4 is 36.3 Å². The van der Waals surface area contributed by atoms with Crippen molar-refractivity contribution in [3.63, 3.8) is 0 Å². The molecule has 7 heteroatoms. The summed E-state index contributed by atoms with van der Waals surface area (Å²) in [5, 5.41) is 0. The Morgan fingerprint density at radius 3 is 2.30 bits per heavy atom. The van der Waals surface area contributed by atoms with Gasteiger partial charge in [-0.1, -0.05) is 18.2 Å². The van der Waals surface area contributed by atoms with Gasteiger partial charge in [-0.05, 0) is 19.1 Å². The van der Waals surface area contributed by atoms with Gasteiger partial charge >= 0.3 is 0 Å². The second-order valence-corrected chi connectivity index (χ2v) is 5.43. The van der Waals surface area contributed by atoms with Gasteiger partial charge in [-0.2, -0.15) is 0 Å². The van der Waals surface area contributed by atoms with Crippen LogP contribution < -0.4 is 10.6 Å². The highest BCUT2D eigenvalue weighted by atomic mass is 35.5. The number of hydrogen-bond acceptors (Lipinski definition) is 5. The first-order valence-corrected chi connectivity index (χ1v) is 7.33. The summed E-state index contributed by atoms with van der Waals surface area (Å²) in [5.74, 6) is 1.33. The maximum absolute atomic E-state index is 5.97. The van der Waals surface area contributed by atoms with Crippen molar-refractivity contribution < 1.29 is 0 Å². The van der Waals surface area contributed by atoms with E-state index in [-0.39, 0.29) is 24.8 Å². The van der Waals surface area contributed by atoms with Crippen LogP contribution in [0, 0.1) is 6.92 Å². The number of para-hydroxylation sites is 1. The molecule has 0 atom stereocenters. The van der Waals surface area contributed by atoms with Gasteiger partial charge in [0.05, 0.1) is 0 Å². The molecule has 0 unspecified atom stereocenters. The van der Waals surface area contributed by atoms with Crippen LogP contribution in [0.4, 0.5) is 11.5 Å². The molecule has 3 rings (SSSR count). The Hall–Kier alpha value is -1.56. The second-order valence-electron chi connectivity index (χ2n) is 5.43. The number of halogens is 2. The highest BCUT2D eigenvalue weighted by molar-refractivity contribution is 5.85. The molecule has 2 heterocycles. The van der Waals surface area contributed by atoms with Gasteiger partial charge in [0.1, 0.15) is 11.6 Å². The molecule has 0 radical (unpaired) electrons. The van der Waals surface area contributed by atoms with E-state index in [2.05, 4.69) is 50.1 Å². The fourth-order valence-electron chi connectivity index (χ4n) is 2.68. The fraction of sp³-hybridized carbons (Fsp3) is 0.375. The molecule has 2 aromatic rings. The normalized spacial score (nSPS) is 14.7. The highest BCUT2D eigenvalue weighted by Gasteiger charge is 2.18. The molecule has 1 aromatic heterocycles. The number of aryl methyl sites for hydroxylation is 1. The molecule has 0 amide bonds. The quantitative estimate of drug-likeness (QED) is 0.916. The highest BCUT2D eigenvalue weighted by Crippen LogP contribution is 2.17. The first kappa shape index (κ1) is 19.5. The Morgan fingerprint density at radius 1 is 1.04 bits per heavy atom. The summed E-state index contributed by atoms with van der Waals surface area (Å²) in [7, 11) is 0. The number of nitrogen functional groups attached to an aromatic ring is 1. The summed E-state index contributed by atoms with van der Waals surface area (Å²) < 4.78 is 0. The van der Waals surface area contributed by atoms with Gasteiger partial charge in [0.25, 0.3) is 0 Å². The SMILES string of the molecule is Cc1ncc(CN2CCN(c3ccccc3)CC2)c(N)n1.Cl.Cl. The zero-order valence-corrected chi connectivity index (χ0v) is 14.8. The molecule has 0 saturated carbocycles. The van der Waals surface area contributed by atoms with E-state index in [1.807, 2.05) is 13.1 Å². The van der Waals surface area contributed by atoms with Gasteiger partial charge in [0.2, 0.25) is 0 Å². The summed E-state index contributed by atoms with van der Waals surface area (Å²) in [6.07, 6.45) is 1.85. The van der Waals surface area contributed by atoms with Gasteiger partial charge in [0, 0.05) is 50.2 Å². The molecule has 1 saturated heterocycles. The predicted octanol–water partition coefficient (Wildman–Crippen LogP) is 2.53. The number of nitrogens with two attached hydrogens (primary N) is 1. The molecule has 1 aliphatic heterocycles. The smallest absolute Gasteiger partial charge is 0.131 e. The van der Waals surface area contributed by atoms with Crippen molar-refractivity contribution in [1.82, 2.24) is 14.9 Å². The van der Waals surface area contributed by atoms with Crippen LogP contribution in [-0.2, 0) is 6.54 Å². The Labute approximate surface area is 149 Å². The van der Waals surface area contributed by atoms with E-state index in [1.165, 1.54) is 5.69 Å². The van der Waals surface area contributed by atoms with Gasteiger partial charge in [-0.15, -0.1) is 24.8 Å². The minimum absolute atomic E-state index is 0. The van der Waals surface area contributed by atoms with E-state index in [1.54, 1.807) is 0 Å². The Balaban J connectivity index is 0.00000132. The average molecular weight is 356 g/mol. The molecule has 0 spiro atoms. The minimum atomic E-state index is 0. The third kappa shape index (κ3) is 4.96. The third-order valence-corrected chi connectivity index (χ3v) is 3.91. The maximum Gasteiger partial charge on any atom is 0.131 e. The van der Waals surface area contributed by atoms with Crippen LogP contribution in [0.2, 0.25) is 0 Å². The van der Waals surface area contributed by atoms with E-state index in [0.29, 0.717) is 5.82 Å². The third-order valence-electron chi connectivity index (χ3n) is 3.91. The van der Waals surface area contributed by atoms with Crippen LogP contribution in [0.5, 0.6) is 0 Å². The molecule has 1 aromatic carbocycles. The van der Waals surface area contributed by atoms with Crippen LogP contribution >= 0.6 is 24.8 Å². The van der Waals surface area contributed by atoms with Gasteiger partial charge in [-0.3, -0.25) is 4.90 Å². The number of rotatable bonds is 3. The van der Waals surface area contributed by atoms with Crippen LogP contribution in [0.3, 0.4) is 0 Å². The molecule has 1 fully saturated rings. The van der Waals surface area contributed by atoms with Crippen molar-refractivity contribution in [3.05, 3.63) is 47.9 Å². The summed E-state index contributed by atoms with van der Waals surface area (Å²) in [6, 6.07) is 10.6. The summed E-state index contributed by atoms with van der Waals surface area (Å²) in [6.45, 7) is 6.82. The zero-order valence-electron chi connectivity index (χ0n) is 13.2. The number of hydrogen-bond donors (Lipinski definition) is 1. The molecule has 2 N–H and O–H groups in total. The summed E-state index contributed by atoms with van der Waals surface area (Å²) >= 11 is 0. The Morgan fingerprint density at radius 2 is 1.70 bits per heavy atom. The summed E-state index contributed by atoms with van der Waals surface area (Å²) in [4.78, 5) is 13.3. The molecule has 5 nitrogen and oxygen atoms in total. The molecule has 1 aliphatic rings. The first-order valence-electron chi connectivity index (χ1n) is 7.33. The second kappa shape index (κ2) is 8.91. The Bertz CT molecular complexity index is 601. The predicted molar refractivity (Wildman–Crippen MR) is 99.6 cm³/mol. The number of piperazine rings is 1. The van der Waals surface area contributed by atoms with Crippen molar-refractivity contribution in [2.45, 2.75) is 13.5 Å². The van der Waals surface area contributed by atoms with E-state index < -0.39 is 0 Å². The van der Waals surface area contributed by atoms with Crippen LogP contribution in [0.1, 0.15) is 11.4 Å². The van der Waals surface area contributed by atoms with Crippen molar-refractivity contribution in [2.24, 2.45) is 0 Å². The van der Waals surface area contributed by atoms with Gasteiger partial charge in [0.15, 0.2) is 0 Å². The molecule has 23 heavy (non-hydrogen) atoms. The van der Waals surface area contributed by atoms with Gasteiger partial charge in [-0.25, -0.2) is 9.97 Å². The van der Waals surface area contributed by atoms with Crippen LogP contribution in [0.15, 0.2) is 36.5 Å². The molecule has 126 valence electrons. The number of anilines is 2. The van der Waals surface area contributed by atoms with E-state index in [9.17, 15) is 0 Å². The monoisotopic (exact) mass is 355 g/mol. The van der Waals surface area contributed by atoms with Gasteiger partial charge < -0.3 is 10.6 Å². The van der Waals surface area contributed by atoms with E-state index in [0.717, 1.165) is 44.1 Å². The van der Waals surface area contributed by atoms with Crippen molar-refractivity contribution in [2.75, 3.05) is 36.8 Å². The van der Waals surface area contributed by atoms with Crippen molar-refractivity contribution in [3.8, 4) is 0 Å².